The summed E-state index contributed by atoms with van der Waals surface area (Å²) in [6.45, 7) is 0.277. The molecule has 1 fully saturated rings. The van der Waals surface area contributed by atoms with Crippen molar-refractivity contribution in [2.24, 2.45) is 5.92 Å². The van der Waals surface area contributed by atoms with Gasteiger partial charge in [-0.3, -0.25) is 14.6 Å². The molecule has 1 aliphatic heterocycles. The predicted molar refractivity (Wildman–Crippen MR) is 127 cm³/mol. The fraction of sp³-hybridized carbons (Fsp3) is 0.240. The minimum absolute atomic E-state index is 0.103. The number of benzene rings is 1. The zero-order chi connectivity index (χ0) is 24.8. The van der Waals surface area contributed by atoms with Crippen molar-refractivity contribution in [2.45, 2.75) is 19.0 Å². The summed E-state index contributed by atoms with van der Waals surface area (Å²) in [4.78, 5) is 46.8. The van der Waals surface area contributed by atoms with E-state index in [0.717, 1.165) is 16.9 Å². The SMILES string of the molecule is COc1ccc(CNC(=O)Oc2cc(C[C@H]3C(=O)N[C@@H]3C(=O)N(C)c3ccncc3)ccn2)cc1. The first kappa shape index (κ1) is 23.7. The molecule has 2 N–H and O–H groups in total. The van der Waals surface area contributed by atoms with Crippen LogP contribution in [0.2, 0.25) is 0 Å². The molecule has 2 atom stereocenters. The van der Waals surface area contributed by atoms with Crippen molar-refractivity contribution in [3.8, 4) is 11.6 Å². The molecule has 3 aromatic rings. The van der Waals surface area contributed by atoms with Crippen LogP contribution in [0, 0.1) is 5.92 Å². The van der Waals surface area contributed by atoms with Gasteiger partial charge >= 0.3 is 6.09 Å². The summed E-state index contributed by atoms with van der Waals surface area (Å²) < 4.78 is 10.4. The van der Waals surface area contributed by atoms with Gasteiger partial charge in [0.15, 0.2) is 0 Å². The summed E-state index contributed by atoms with van der Waals surface area (Å²) in [5, 5.41) is 5.35. The molecule has 35 heavy (non-hydrogen) atoms. The van der Waals surface area contributed by atoms with Gasteiger partial charge in [0.2, 0.25) is 17.7 Å². The van der Waals surface area contributed by atoms with Gasteiger partial charge in [0.1, 0.15) is 11.8 Å². The maximum Gasteiger partial charge on any atom is 0.414 e. The largest absolute Gasteiger partial charge is 0.497 e. The van der Waals surface area contributed by atoms with E-state index in [1.807, 2.05) is 12.1 Å². The lowest BCUT2D eigenvalue weighted by Gasteiger charge is -2.37. The van der Waals surface area contributed by atoms with E-state index in [4.69, 9.17) is 9.47 Å². The van der Waals surface area contributed by atoms with Crippen LogP contribution in [0.5, 0.6) is 11.6 Å². The number of carbonyl (C=O) groups excluding carboxylic acids is 3. The first-order valence-corrected chi connectivity index (χ1v) is 11.0. The van der Waals surface area contributed by atoms with Crippen LogP contribution < -0.4 is 25.0 Å². The van der Waals surface area contributed by atoms with Crippen molar-refractivity contribution >= 4 is 23.6 Å². The molecular weight excluding hydrogens is 450 g/mol. The highest BCUT2D eigenvalue weighted by atomic mass is 16.6. The lowest BCUT2D eigenvalue weighted by atomic mass is 9.84. The number of anilines is 1. The summed E-state index contributed by atoms with van der Waals surface area (Å²) in [6.07, 6.45) is 4.35. The molecule has 10 heteroatoms. The van der Waals surface area contributed by atoms with Gasteiger partial charge in [0, 0.05) is 43.9 Å². The van der Waals surface area contributed by atoms with Crippen molar-refractivity contribution in [1.29, 1.82) is 0 Å². The Bertz CT molecular complexity index is 1200. The second-order valence-electron chi connectivity index (χ2n) is 7.99. The number of carbonyl (C=O) groups is 3. The molecule has 0 radical (unpaired) electrons. The smallest absolute Gasteiger partial charge is 0.414 e. The van der Waals surface area contributed by atoms with Crippen molar-refractivity contribution in [3.05, 3.63) is 78.2 Å². The number of rotatable bonds is 8. The summed E-state index contributed by atoms with van der Waals surface area (Å²) in [5.74, 6) is -0.130. The third-order valence-electron chi connectivity index (χ3n) is 5.73. The quantitative estimate of drug-likeness (QED) is 0.478. The highest BCUT2D eigenvalue weighted by Gasteiger charge is 2.45. The van der Waals surface area contributed by atoms with E-state index in [1.54, 1.807) is 62.9 Å². The Kier molecular flexibility index (Phi) is 7.20. The lowest BCUT2D eigenvalue weighted by molar-refractivity contribution is -0.142. The van der Waals surface area contributed by atoms with Crippen LogP contribution in [-0.2, 0) is 22.6 Å². The second-order valence-corrected chi connectivity index (χ2v) is 7.99. The number of β-lactam (4-membered cyclic amide) rings is 1. The van der Waals surface area contributed by atoms with Crippen LogP contribution in [0.4, 0.5) is 10.5 Å². The fourth-order valence-corrected chi connectivity index (χ4v) is 3.70. The van der Waals surface area contributed by atoms with Gasteiger partial charge in [-0.1, -0.05) is 12.1 Å². The minimum atomic E-state index is -0.654. The van der Waals surface area contributed by atoms with E-state index >= 15 is 0 Å². The monoisotopic (exact) mass is 475 g/mol. The first-order chi connectivity index (χ1) is 16.9. The highest BCUT2D eigenvalue weighted by molar-refractivity contribution is 6.05. The molecule has 3 amide bonds. The molecule has 0 spiro atoms. The Morgan fingerprint density at radius 1 is 1.06 bits per heavy atom. The van der Waals surface area contributed by atoms with Crippen molar-refractivity contribution < 1.29 is 23.9 Å². The van der Waals surface area contributed by atoms with Gasteiger partial charge < -0.3 is 25.0 Å². The van der Waals surface area contributed by atoms with E-state index < -0.39 is 18.1 Å². The number of amides is 3. The van der Waals surface area contributed by atoms with Crippen LogP contribution in [0.3, 0.4) is 0 Å². The van der Waals surface area contributed by atoms with Gasteiger partial charge in [0.05, 0.1) is 13.0 Å². The first-order valence-electron chi connectivity index (χ1n) is 11.0. The third-order valence-corrected chi connectivity index (χ3v) is 5.73. The predicted octanol–water partition coefficient (Wildman–Crippen LogP) is 2.09. The number of hydrogen-bond donors (Lipinski definition) is 2. The molecule has 4 rings (SSSR count). The van der Waals surface area contributed by atoms with Gasteiger partial charge in [-0.25, -0.2) is 9.78 Å². The second kappa shape index (κ2) is 10.6. The Labute approximate surface area is 202 Å². The van der Waals surface area contributed by atoms with Gasteiger partial charge in [-0.05, 0) is 47.9 Å². The molecular formula is C25H25N5O5. The van der Waals surface area contributed by atoms with Gasteiger partial charge in [0.25, 0.3) is 0 Å². The molecule has 180 valence electrons. The zero-order valence-electron chi connectivity index (χ0n) is 19.3. The van der Waals surface area contributed by atoms with E-state index in [0.29, 0.717) is 12.1 Å². The van der Waals surface area contributed by atoms with Crippen molar-refractivity contribution in [1.82, 2.24) is 20.6 Å². The number of pyridine rings is 2. The molecule has 1 saturated heterocycles. The average Bonchev–Trinajstić information content (AvgIpc) is 2.89. The zero-order valence-corrected chi connectivity index (χ0v) is 19.3. The van der Waals surface area contributed by atoms with E-state index in [2.05, 4.69) is 20.6 Å². The summed E-state index contributed by atoms with van der Waals surface area (Å²) in [6, 6.07) is 13.4. The Balaban J connectivity index is 1.33. The number of aromatic nitrogens is 2. The van der Waals surface area contributed by atoms with Gasteiger partial charge in [-0.15, -0.1) is 0 Å². The van der Waals surface area contributed by atoms with E-state index in [9.17, 15) is 14.4 Å². The van der Waals surface area contributed by atoms with Crippen LogP contribution in [0.15, 0.2) is 67.1 Å². The Morgan fingerprint density at radius 3 is 2.49 bits per heavy atom. The van der Waals surface area contributed by atoms with Crippen LogP contribution in [0.1, 0.15) is 11.1 Å². The third kappa shape index (κ3) is 5.72. The molecule has 2 aromatic heterocycles. The minimum Gasteiger partial charge on any atom is -0.497 e. The van der Waals surface area contributed by atoms with Gasteiger partial charge in [-0.2, -0.15) is 0 Å². The molecule has 0 aliphatic carbocycles. The van der Waals surface area contributed by atoms with E-state index in [1.165, 1.54) is 11.1 Å². The summed E-state index contributed by atoms with van der Waals surface area (Å²) in [5.41, 5.74) is 2.29. The van der Waals surface area contributed by atoms with Crippen molar-refractivity contribution in [3.63, 3.8) is 0 Å². The lowest BCUT2D eigenvalue weighted by Crippen LogP contribution is -2.65. The Morgan fingerprint density at radius 2 is 1.80 bits per heavy atom. The fourth-order valence-electron chi connectivity index (χ4n) is 3.70. The molecule has 0 bridgehead atoms. The molecule has 3 heterocycles. The number of likely N-dealkylation sites (N-methyl/N-ethyl adjacent to an activating group) is 1. The number of ether oxygens (including phenoxy) is 2. The summed E-state index contributed by atoms with van der Waals surface area (Å²) >= 11 is 0. The number of nitrogens with one attached hydrogen (secondary N) is 2. The average molecular weight is 476 g/mol. The Hall–Kier alpha value is -4.47. The molecule has 0 unspecified atom stereocenters. The normalized spacial score (nSPS) is 16.5. The molecule has 1 aliphatic rings. The molecule has 0 saturated carbocycles. The standard InChI is InChI=1S/C25H25N5O5/c1-30(18-8-10-26-11-9-18)24(32)22-20(23(31)29-22)13-17-7-12-27-21(14-17)35-25(33)28-15-16-3-5-19(34-2)6-4-16/h3-12,14,20,22H,13,15H2,1-2H3,(H,28,33)(H,29,31)/t20-,22+/m1/s1. The highest BCUT2D eigenvalue weighted by Crippen LogP contribution is 2.25. The number of hydrogen-bond acceptors (Lipinski definition) is 7. The van der Waals surface area contributed by atoms with Crippen LogP contribution in [-0.4, -0.2) is 48.1 Å². The number of methoxy groups -OCH3 is 1. The van der Waals surface area contributed by atoms with Crippen LogP contribution in [0.25, 0.3) is 0 Å². The maximum atomic E-state index is 12.9. The molecule has 1 aromatic carbocycles. The van der Waals surface area contributed by atoms with E-state index in [-0.39, 0.29) is 24.2 Å². The topological polar surface area (TPSA) is 123 Å². The summed E-state index contributed by atoms with van der Waals surface area (Å²) in [7, 11) is 3.24. The molecule has 10 nitrogen and oxygen atoms in total. The number of nitrogens with zero attached hydrogens (tertiary/aromatic N) is 3. The van der Waals surface area contributed by atoms with Crippen LogP contribution >= 0.6 is 0 Å². The maximum absolute atomic E-state index is 12.9. The van der Waals surface area contributed by atoms with Crippen molar-refractivity contribution in [2.75, 3.05) is 19.1 Å².